The Morgan fingerprint density at radius 2 is 2.50 bits per heavy atom. The second-order valence-corrected chi connectivity index (χ2v) is 1.88. The summed E-state index contributed by atoms with van der Waals surface area (Å²) < 4.78 is 4.79. The van der Waals surface area contributed by atoms with E-state index in [4.69, 9.17) is 4.42 Å². The van der Waals surface area contributed by atoms with E-state index in [1.54, 1.807) is 17.5 Å². The Bertz CT molecular complexity index is 165. The van der Waals surface area contributed by atoms with Crippen LogP contribution in [0.1, 0.15) is 5.56 Å². The van der Waals surface area contributed by atoms with Gasteiger partial charge in [0.25, 0.3) is 0 Å². The third-order valence-electron chi connectivity index (χ3n) is 0.799. The molecule has 0 aliphatic carbocycles. The molecule has 0 aliphatic rings. The lowest BCUT2D eigenvalue weighted by atomic mass is 10.3. The van der Waals surface area contributed by atoms with Gasteiger partial charge in [-0.2, -0.15) is 0 Å². The number of furan rings is 1. The summed E-state index contributed by atoms with van der Waals surface area (Å²) in [4.78, 5) is 1.79. The largest absolute Gasteiger partial charge is 0.472 e. The summed E-state index contributed by atoms with van der Waals surface area (Å²) in [6, 6.07) is 1.89. The Kier molecular flexibility index (Phi) is 1.92. The van der Waals surface area contributed by atoms with Crippen molar-refractivity contribution in [1.29, 1.82) is 0 Å². The first-order chi connectivity index (χ1) is 3.93. The molecule has 0 N–H and O–H groups in total. The summed E-state index contributed by atoms with van der Waals surface area (Å²) in [6.45, 7) is 0. The van der Waals surface area contributed by atoms with Crippen LogP contribution in [-0.4, -0.2) is 0 Å². The Balaban J connectivity index is 2.77. The molecule has 1 rings (SSSR count). The van der Waals surface area contributed by atoms with Crippen molar-refractivity contribution >= 4 is 22.0 Å². The lowest BCUT2D eigenvalue weighted by Crippen LogP contribution is -1.52. The average Bonchev–Trinajstić information content (AvgIpc) is 2.19. The topological polar surface area (TPSA) is 13.1 Å². The van der Waals surface area contributed by atoms with E-state index in [0.717, 1.165) is 5.56 Å². The van der Waals surface area contributed by atoms with Gasteiger partial charge in [-0.05, 0) is 17.1 Å². The second kappa shape index (κ2) is 2.72. The zero-order valence-electron chi connectivity index (χ0n) is 4.17. The quantitative estimate of drug-likeness (QED) is 0.636. The van der Waals surface area contributed by atoms with Crippen molar-refractivity contribution in [2.75, 3.05) is 0 Å². The first-order valence-electron chi connectivity index (χ1n) is 2.22. The minimum atomic E-state index is 1.07. The van der Waals surface area contributed by atoms with Crippen molar-refractivity contribution in [3.63, 3.8) is 0 Å². The van der Waals surface area contributed by atoms with E-state index in [0.29, 0.717) is 0 Å². The first-order valence-corrected chi connectivity index (χ1v) is 3.14. The highest BCUT2D eigenvalue weighted by molar-refractivity contribution is 9.11. The molecule has 0 bridgehead atoms. The molecular formula is C6H5BrO. The van der Waals surface area contributed by atoms with Crippen LogP contribution in [0.2, 0.25) is 0 Å². The minimum absolute atomic E-state index is 1.07. The minimum Gasteiger partial charge on any atom is -0.472 e. The van der Waals surface area contributed by atoms with Crippen LogP contribution in [0, 0.1) is 0 Å². The van der Waals surface area contributed by atoms with Crippen LogP contribution < -0.4 is 0 Å². The molecule has 2 heteroatoms. The third-order valence-corrected chi connectivity index (χ3v) is 1.06. The van der Waals surface area contributed by atoms with Gasteiger partial charge in [0, 0.05) is 5.56 Å². The van der Waals surface area contributed by atoms with Crippen molar-refractivity contribution < 1.29 is 4.42 Å². The molecular weight excluding hydrogens is 168 g/mol. The molecule has 1 aromatic heterocycles. The predicted molar refractivity (Wildman–Crippen MR) is 36.7 cm³/mol. The summed E-state index contributed by atoms with van der Waals surface area (Å²) in [5, 5.41) is 0. The maximum atomic E-state index is 4.79. The van der Waals surface area contributed by atoms with Crippen molar-refractivity contribution in [1.82, 2.24) is 0 Å². The van der Waals surface area contributed by atoms with Crippen molar-refractivity contribution in [2.45, 2.75) is 0 Å². The Morgan fingerprint density at radius 3 is 3.00 bits per heavy atom. The molecule has 1 heterocycles. The Hall–Kier alpha value is -0.500. The molecule has 0 fully saturated rings. The van der Waals surface area contributed by atoms with E-state index in [1.807, 2.05) is 12.1 Å². The fourth-order valence-electron chi connectivity index (χ4n) is 0.443. The van der Waals surface area contributed by atoms with Crippen LogP contribution in [0.15, 0.2) is 28.0 Å². The summed E-state index contributed by atoms with van der Waals surface area (Å²) in [5.74, 6) is 0. The summed E-state index contributed by atoms with van der Waals surface area (Å²) in [6.07, 6.45) is 5.23. The van der Waals surface area contributed by atoms with Crippen LogP contribution in [0.25, 0.3) is 6.08 Å². The molecule has 0 saturated heterocycles. The highest BCUT2D eigenvalue weighted by Gasteiger charge is 1.81. The van der Waals surface area contributed by atoms with E-state index in [2.05, 4.69) is 15.9 Å². The number of hydrogen-bond acceptors (Lipinski definition) is 1. The monoisotopic (exact) mass is 172 g/mol. The van der Waals surface area contributed by atoms with Crippen LogP contribution in [-0.2, 0) is 0 Å². The number of rotatable bonds is 1. The van der Waals surface area contributed by atoms with Crippen molar-refractivity contribution in [3.8, 4) is 0 Å². The molecule has 0 aromatic carbocycles. The van der Waals surface area contributed by atoms with Crippen molar-refractivity contribution in [2.24, 2.45) is 0 Å². The van der Waals surface area contributed by atoms with Gasteiger partial charge in [0.1, 0.15) is 0 Å². The molecule has 0 saturated carbocycles. The highest BCUT2D eigenvalue weighted by atomic mass is 79.9. The molecule has 0 amide bonds. The molecule has 0 unspecified atom stereocenters. The van der Waals surface area contributed by atoms with E-state index in [9.17, 15) is 0 Å². The van der Waals surface area contributed by atoms with Crippen molar-refractivity contribution in [3.05, 3.63) is 29.1 Å². The predicted octanol–water partition coefficient (Wildman–Crippen LogP) is 2.65. The second-order valence-electron chi connectivity index (χ2n) is 1.35. The SMILES string of the molecule is Br/C=C/c1ccoc1. The van der Waals surface area contributed by atoms with Crippen LogP contribution in [0.3, 0.4) is 0 Å². The summed E-state index contributed by atoms with van der Waals surface area (Å²) >= 11 is 3.15. The fourth-order valence-corrected chi connectivity index (χ4v) is 0.748. The van der Waals surface area contributed by atoms with E-state index in [-0.39, 0.29) is 0 Å². The Labute approximate surface area is 56.1 Å². The van der Waals surface area contributed by atoms with Gasteiger partial charge >= 0.3 is 0 Å². The Morgan fingerprint density at radius 1 is 1.62 bits per heavy atom. The summed E-state index contributed by atoms with van der Waals surface area (Å²) in [7, 11) is 0. The standard InChI is InChI=1S/C6H5BrO/c7-3-1-6-2-4-8-5-6/h1-5H/b3-1+. The van der Waals surface area contributed by atoms with E-state index >= 15 is 0 Å². The average molecular weight is 173 g/mol. The third kappa shape index (κ3) is 1.23. The van der Waals surface area contributed by atoms with Crippen LogP contribution in [0.4, 0.5) is 0 Å². The molecule has 1 nitrogen and oxygen atoms in total. The molecule has 0 aliphatic heterocycles. The van der Waals surface area contributed by atoms with Gasteiger partial charge in [0.15, 0.2) is 0 Å². The van der Waals surface area contributed by atoms with Gasteiger partial charge in [-0.15, -0.1) is 0 Å². The van der Waals surface area contributed by atoms with Gasteiger partial charge in [0.2, 0.25) is 0 Å². The van der Waals surface area contributed by atoms with Gasteiger partial charge in [-0.1, -0.05) is 15.9 Å². The van der Waals surface area contributed by atoms with E-state index < -0.39 is 0 Å². The van der Waals surface area contributed by atoms with Crippen LogP contribution in [0.5, 0.6) is 0 Å². The van der Waals surface area contributed by atoms with Crippen LogP contribution >= 0.6 is 15.9 Å². The molecule has 0 spiro atoms. The number of halogens is 1. The van der Waals surface area contributed by atoms with Gasteiger partial charge in [-0.3, -0.25) is 0 Å². The summed E-state index contributed by atoms with van der Waals surface area (Å²) in [5.41, 5.74) is 1.07. The maximum absolute atomic E-state index is 4.79. The van der Waals surface area contributed by atoms with Gasteiger partial charge in [0.05, 0.1) is 12.5 Å². The van der Waals surface area contributed by atoms with Gasteiger partial charge in [-0.25, -0.2) is 0 Å². The zero-order chi connectivity index (χ0) is 5.82. The zero-order valence-corrected chi connectivity index (χ0v) is 5.76. The highest BCUT2D eigenvalue weighted by Crippen LogP contribution is 2.02. The number of hydrogen-bond donors (Lipinski definition) is 0. The molecule has 0 radical (unpaired) electrons. The molecule has 8 heavy (non-hydrogen) atoms. The van der Waals surface area contributed by atoms with Gasteiger partial charge < -0.3 is 4.42 Å². The molecule has 42 valence electrons. The smallest absolute Gasteiger partial charge is 0.0975 e. The van der Waals surface area contributed by atoms with E-state index in [1.165, 1.54) is 0 Å². The fraction of sp³-hybridized carbons (Fsp3) is 0. The lowest BCUT2D eigenvalue weighted by Gasteiger charge is -1.72. The maximum Gasteiger partial charge on any atom is 0.0975 e. The lowest BCUT2D eigenvalue weighted by molar-refractivity contribution is 0.567. The molecule has 0 atom stereocenters. The normalized spacial score (nSPS) is 10.6. The first kappa shape index (κ1) is 5.63. The molecule has 1 aromatic rings.